The molecule has 0 aliphatic carbocycles. The summed E-state index contributed by atoms with van der Waals surface area (Å²) in [5, 5.41) is 0. The Morgan fingerprint density at radius 2 is 1.85 bits per heavy atom. The molecule has 1 heterocycles. The fourth-order valence-electron chi connectivity index (χ4n) is 2.29. The van der Waals surface area contributed by atoms with Gasteiger partial charge in [0, 0.05) is 13.1 Å². The summed E-state index contributed by atoms with van der Waals surface area (Å²) in [7, 11) is -3.85. The average Bonchev–Trinajstić information content (AvgIpc) is 2.25. The van der Waals surface area contributed by atoms with E-state index >= 15 is 0 Å². The standard InChI is InChI=1S/C13H25NO5S/c1-13(2,3)19-12(15)14-8-6-11(7-9-14)5-4-10-20(16,17)18/h11H,4-10H2,1-3H3,(H,16,17,18). The summed E-state index contributed by atoms with van der Waals surface area (Å²) in [5.74, 6) is 0.231. The number of nitrogens with zero attached hydrogens (tertiary/aromatic N) is 1. The molecule has 1 saturated heterocycles. The Bertz CT molecular complexity index is 419. The van der Waals surface area contributed by atoms with Crippen LogP contribution >= 0.6 is 0 Å². The minimum Gasteiger partial charge on any atom is -0.444 e. The van der Waals surface area contributed by atoms with Crippen molar-refractivity contribution in [2.45, 2.75) is 52.1 Å². The van der Waals surface area contributed by atoms with Crippen molar-refractivity contribution in [3.8, 4) is 0 Å². The number of ether oxygens (including phenoxy) is 1. The van der Waals surface area contributed by atoms with Crippen molar-refractivity contribution in [3.05, 3.63) is 0 Å². The summed E-state index contributed by atoms with van der Waals surface area (Å²) in [6.45, 7) is 6.81. The van der Waals surface area contributed by atoms with Crippen LogP contribution < -0.4 is 0 Å². The molecule has 0 bridgehead atoms. The minimum atomic E-state index is -3.85. The molecule has 118 valence electrons. The van der Waals surface area contributed by atoms with Gasteiger partial charge in [-0.15, -0.1) is 0 Å². The highest BCUT2D eigenvalue weighted by Gasteiger charge is 2.26. The Hall–Kier alpha value is -0.820. The van der Waals surface area contributed by atoms with E-state index in [0.717, 1.165) is 19.3 Å². The molecule has 0 atom stereocenters. The molecule has 0 aromatic heterocycles. The lowest BCUT2D eigenvalue weighted by atomic mass is 9.93. The summed E-state index contributed by atoms with van der Waals surface area (Å²) in [5.41, 5.74) is -0.483. The third-order valence-electron chi connectivity index (χ3n) is 3.28. The highest BCUT2D eigenvalue weighted by Crippen LogP contribution is 2.23. The van der Waals surface area contributed by atoms with E-state index in [-0.39, 0.29) is 11.8 Å². The maximum Gasteiger partial charge on any atom is 0.410 e. The molecular weight excluding hydrogens is 282 g/mol. The maximum absolute atomic E-state index is 11.9. The SMILES string of the molecule is CC(C)(C)OC(=O)N1CCC(CCCS(=O)(=O)O)CC1. The predicted octanol–water partition coefficient (Wildman–Crippen LogP) is 2.30. The second kappa shape index (κ2) is 6.76. The molecule has 0 spiro atoms. The number of amides is 1. The number of piperidine rings is 1. The van der Waals surface area contributed by atoms with Crippen LogP contribution in [0, 0.1) is 5.92 Å². The van der Waals surface area contributed by atoms with Gasteiger partial charge in [0.1, 0.15) is 5.60 Å². The lowest BCUT2D eigenvalue weighted by Crippen LogP contribution is -2.41. The Kier molecular flexibility index (Phi) is 5.82. The first-order chi connectivity index (χ1) is 9.07. The third-order valence-corrected chi connectivity index (χ3v) is 4.09. The maximum atomic E-state index is 11.9. The van der Waals surface area contributed by atoms with Crippen molar-refractivity contribution in [2.24, 2.45) is 5.92 Å². The van der Waals surface area contributed by atoms with Crippen molar-refractivity contribution in [1.82, 2.24) is 4.90 Å². The largest absolute Gasteiger partial charge is 0.444 e. The lowest BCUT2D eigenvalue weighted by molar-refractivity contribution is 0.0181. The summed E-state index contributed by atoms with van der Waals surface area (Å²) < 4.78 is 35.3. The molecule has 6 nitrogen and oxygen atoms in total. The first kappa shape index (κ1) is 17.2. The molecule has 1 aliphatic heterocycles. The van der Waals surface area contributed by atoms with Gasteiger partial charge in [-0.1, -0.05) is 0 Å². The van der Waals surface area contributed by atoms with Crippen LogP contribution in [0.1, 0.15) is 46.5 Å². The van der Waals surface area contributed by atoms with Crippen LogP contribution in [0.3, 0.4) is 0 Å². The molecule has 1 amide bonds. The van der Waals surface area contributed by atoms with Gasteiger partial charge in [-0.3, -0.25) is 4.55 Å². The molecule has 0 aromatic carbocycles. The Morgan fingerprint density at radius 3 is 2.30 bits per heavy atom. The van der Waals surface area contributed by atoms with E-state index in [1.165, 1.54) is 0 Å². The van der Waals surface area contributed by atoms with E-state index in [4.69, 9.17) is 9.29 Å². The van der Waals surface area contributed by atoms with Gasteiger partial charge in [0.2, 0.25) is 0 Å². The van der Waals surface area contributed by atoms with Gasteiger partial charge in [0.25, 0.3) is 10.1 Å². The quantitative estimate of drug-likeness (QED) is 0.806. The molecule has 0 radical (unpaired) electrons. The molecule has 1 aliphatic rings. The van der Waals surface area contributed by atoms with Crippen LogP contribution in [0.25, 0.3) is 0 Å². The molecule has 20 heavy (non-hydrogen) atoms. The van der Waals surface area contributed by atoms with E-state index in [1.54, 1.807) is 4.90 Å². The van der Waals surface area contributed by atoms with Gasteiger partial charge in [0.15, 0.2) is 0 Å². The van der Waals surface area contributed by atoms with Gasteiger partial charge >= 0.3 is 6.09 Å². The summed E-state index contributed by atoms with van der Waals surface area (Å²) >= 11 is 0. The number of hydrogen-bond acceptors (Lipinski definition) is 4. The van der Waals surface area contributed by atoms with Gasteiger partial charge in [0.05, 0.1) is 5.75 Å². The second-order valence-electron chi connectivity index (χ2n) is 6.34. The van der Waals surface area contributed by atoms with Crippen LogP contribution in [0.4, 0.5) is 4.79 Å². The zero-order valence-corrected chi connectivity index (χ0v) is 13.3. The fourth-order valence-corrected chi connectivity index (χ4v) is 2.82. The third kappa shape index (κ3) is 7.09. The number of hydrogen-bond donors (Lipinski definition) is 1. The summed E-state index contributed by atoms with van der Waals surface area (Å²) in [6.07, 6.45) is 2.65. The van der Waals surface area contributed by atoms with E-state index in [0.29, 0.717) is 25.4 Å². The molecule has 1 rings (SSSR count). The van der Waals surface area contributed by atoms with Crippen LogP contribution in [-0.2, 0) is 14.9 Å². The van der Waals surface area contributed by atoms with Gasteiger partial charge in [-0.2, -0.15) is 8.42 Å². The fraction of sp³-hybridized carbons (Fsp3) is 0.923. The number of carbonyl (C=O) groups excluding carboxylic acids is 1. The molecule has 7 heteroatoms. The first-order valence-corrected chi connectivity index (χ1v) is 8.61. The smallest absolute Gasteiger partial charge is 0.410 e. The van der Waals surface area contributed by atoms with Crippen molar-refractivity contribution < 1.29 is 22.5 Å². The zero-order valence-electron chi connectivity index (χ0n) is 12.5. The zero-order chi connectivity index (χ0) is 15.4. The highest BCUT2D eigenvalue weighted by atomic mass is 32.2. The number of likely N-dealkylation sites (tertiary alicyclic amines) is 1. The van der Waals surface area contributed by atoms with Gasteiger partial charge in [-0.25, -0.2) is 4.79 Å². The van der Waals surface area contributed by atoms with Crippen LogP contribution in [-0.4, -0.2) is 48.4 Å². The van der Waals surface area contributed by atoms with Crippen LogP contribution in [0.15, 0.2) is 0 Å². The van der Waals surface area contributed by atoms with Crippen LogP contribution in [0.2, 0.25) is 0 Å². The second-order valence-corrected chi connectivity index (χ2v) is 7.91. The molecule has 0 saturated carbocycles. The topological polar surface area (TPSA) is 83.9 Å². The minimum absolute atomic E-state index is 0.181. The Morgan fingerprint density at radius 1 is 1.30 bits per heavy atom. The predicted molar refractivity (Wildman–Crippen MR) is 76.2 cm³/mol. The Labute approximate surface area is 121 Å². The van der Waals surface area contributed by atoms with Crippen molar-refractivity contribution in [1.29, 1.82) is 0 Å². The summed E-state index contributed by atoms with van der Waals surface area (Å²) in [6, 6.07) is 0. The van der Waals surface area contributed by atoms with Crippen molar-refractivity contribution in [3.63, 3.8) is 0 Å². The molecule has 0 aromatic rings. The number of carbonyl (C=O) groups is 1. The molecule has 1 N–H and O–H groups in total. The number of rotatable bonds is 4. The summed E-state index contributed by atoms with van der Waals surface area (Å²) in [4.78, 5) is 13.6. The van der Waals surface area contributed by atoms with E-state index < -0.39 is 15.7 Å². The van der Waals surface area contributed by atoms with Gasteiger partial charge in [-0.05, 0) is 52.4 Å². The monoisotopic (exact) mass is 307 g/mol. The normalized spacial score (nSPS) is 18.1. The van der Waals surface area contributed by atoms with Crippen molar-refractivity contribution >= 4 is 16.2 Å². The van der Waals surface area contributed by atoms with Gasteiger partial charge < -0.3 is 9.64 Å². The lowest BCUT2D eigenvalue weighted by Gasteiger charge is -2.33. The molecule has 1 fully saturated rings. The average molecular weight is 307 g/mol. The first-order valence-electron chi connectivity index (χ1n) is 7.00. The van der Waals surface area contributed by atoms with E-state index in [2.05, 4.69) is 0 Å². The highest BCUT2D eigenvalue weighted by molar-refractivity contribution is 7.85. The van der Waals surface area contributed by atoms with E-state index in [9.17, 15) is 13.2 Å². The van der Waals surface area contributed by atoms with Crippen molar-refractivity contribution in [2.75, 3.05) is 18.8 Å². The van der Waals surface area contributed by atoms with E-state index in [1.807, 2.05) is 20.8 Å². The molecular formula is C13H25NO5S. The Balaban J connectivity index is 2.28. The van der Waals surface area contributed by atoms with Crippen LogP contribution in [0.5, 0.6) is 0 Å². The molecule has 0 unspecified atom stereocenters.